The molecule has 1 heterocycles. The maximum absolute atomic E-state index is 11.0. The predicted octanol–water partition coefficient (Wildman–Crippen LogP) is -0.789. The number of imide groups is 1. The number of hydrogen-bond acceptors (Lipinski definition) is 3. The van der Waals surface area contributed by atoms with Gasteiger partial charge in [-0.25, -0.2) is 4.79 Å². The molecule has 0 bridgehead atoms. The number of rotatable bonds is 1. The van der Waals surface area contributed by atoms with Crippen LogP contribution in [0.4, 0.5) is 4.79 Å². The van der Waals surface area contributed by atoms with Crippen molar-refractivity contribution in [2.24, 2.45) is 11.7 Å². The summed E-state index contributed by atoms with van der Waals surface area (Å²) < 4.78 is 0. The Morgan fingerprint density at radius 1 is 1.50 bits per heavy atom. The highest BCUT2D eigenvalue weighted by Gasteiger charge is 2.30. The third-order valence-corrected chi connectivity index (χ3v) is 1.79. The van der Waals surface area contributed by atoms with Gasteiger partial charge in [-0.15, -0.1) is 12.4 Å². The topological polar surface area (TPSA) is 84.2 Å². The monoisotopic (exact) mass is 193 g/mol. The molecule has 0 aromatic rings. The minimum absolute atomic E-state index is 0. The van der Waals surface area contributed by atoms with E-state index in [0.29, 0.717) is 0 Å². The molecular weight excluding hydrogens is 182 g/mol. The molecule has 12 heavy (non-hydrogen) atoms. The Labute approximate surface area is 76.5 Å². The average Bonchev–Trinajstić information content (AvgIpc) is 1.85. The number of carbonyl (C=O) groups is 2. The van der Waals surface area contributed by atoms with E-state index in [1.54, 1.807) is 6.92 Å². The highest BCUT2D eigenvalue weighted by Crippen LogP contribution is 2.05. The first-order valence-corrected chi connectivity index (χ1v) is 3.46. The number of amides is 3. The van der Waals surface area contributed by atoms with Gasteiger partial charge in [0.2, 0.25) is 5.91 Å². The van der Waals surface area contributed by atoms with Crippen LogP contribution in [0.2, 0.25) is 0 Å². The van der Waals surface area contributed by atoms with Crippen molar-refractivity contribution in [1.29, 1.82) is 0 Å². The second-order valence-electron chi connectivity index (χ2n) is 2.59. The van der Waals surface area contributed by atoms with Crippen LogP contribution in [0.25, 0.3) is 0 Å². The molecule has 4 N–H and O–H groups in total. The van der Waals surface area contributed by atoms with Crippen LogP contribution >= 0.6 is 12.4 Å². The van der Waals surface area contributed by atoms with Gasteiger partial charge in [0.25, 0.3) is 0 Å². The van der Waals surface area contributed by atoms with Crippen molar-refractivity contribution < 1.29 is 9.59 Å². The molecule has 0 aromatic carbocycles. The lowest BCUT2D eigenvalue weighted by molar-refractivity contribution is -0.125. The zero-order valence-corrected chi connectivity index (χ0v) is 7.48. The van der Waals surface area contributed by atoms with E-state index in [-0.39, 0.29) is 36.8 Å². The van der Waals surface area contributed by atoms with Crippen LogP contribution in [0, 0.1) is 5.92 Å². The van der Waals surface area contributed by atoms with Crippen LogP contribution in [0.1, 0.15) is 6.92 Å². The maximum Gasteiger partial charge on any atom is 0.321 e. The molecule has 0 aliphatic carbocycles. The van der Waals surface area contributed by atoms with Crippen molar-refractivity contribution in [3.63, 3.8) is 0 Å². The molecule has 1 saturated heterocycles. The second-order valence-corrected chi connectivity index (χ2v) is 2.59. The van der Waals surface area contributed by atoms with Crippen LogP contribution < -0.4 is 16.4 Å². The van der Waals surface area contributed by atoms with Gasteiger partial charge in [0, 0.05) is 12.6 Å². The molecular formula is C6H12ClN3O2. The van der Waals surface area contributed by atoms with Crippen molar-refractivity contribution >= 4 is 24.3 Å². The van der Waals surface area contributed by atoms with E-state index in [2.05, 4.69) is 10.6 Å². The number of carbonyl (C=O) groups excluding carboxylic acids is 2. The summed E-state index contributed by atoms with van der Waals surface area (Å²) in [7, 11) is 0. The SMILES string of the molecule is CC1NC(=O)NC(=O)C1CN.Cl. The Bertz CT molecular complexity index is 197. The van der Waals surface area contributed by atoms with Gasteiger partial charge in [-0.05, 0) is 6.92 Å². The van der Waals surface area contributed by atoms with Crippen molar-refractivity contribution in [3.05, 3.63) is 0 Å². The summed E-state index contributed by atoms with van der Waals surface area (Å²) in [5, 5.41) is 4.70. The Morgan fingerprint density at radius 2 is 2.08 bits per heavy atom. The van der Waals surface area contributed by atoms with E-state index < -0.39 is 6.03 Å². The number of nitrogens with two attached hydrogens (primary N) is 1. The first kappa shape index (κ1) is 11.2. The van der Waals surface area contributed by atoms with Crippen LogP contribution in [-0.4, -0.2) is 24.5 Å². The standard InChI is InChI=1S/C6H11N3O2.ClH/c1-3-4(2-7)5(10)9-6(11)8-3;/h3-4H,2,7H2,1H3,(H2,8,9,10,11);1H. The molecule has 0 radical (unpaired) electrons. The Morgan fingerprint density at radius 3 is 2.50 bits per heavy atom. The van der Waals surface area contributed by atoms with Gasteiger partial charge in [0.15, 0.2) is 0 Å². The van der Waals surface area contributed by atoms with Gasteiger partial charge < -0.3 is 11.1 Å². The minimum Gasteiger partial charge on any atom is -0.334 e. The van der Waals surface area contributed by atoms with E-state index >= 15 is 0 Å². The van der Waals surface area contributed by atoms with E-state index in [1.807, 2.05) is 0 Å². The first-order valence-electron chi connectivity index (χ1n) is 3.46. The molecule has 0 aromatic heterocycles. The van der Waals surface area contributed by atoms with Gasteiger partial charge in [0.05, 0.1) is 5.92 Å². The zero-order chi connectivity index (χ0) is 8.43. The molecule has 2 atom stereocenters. The summed E-state index contributed by atoms with van der Waals surface area (Å²) in [4.78, 5) is 21.7. The Hall–Kier alpha value is -0.810. The van der Waals surface area contributed by atoms with Crippen LogP contribution in [0.15, 0.2) is 0 Å². The number of hydrogen-bond donors (Lipinski definition) is 3. The molecule has 6 heteroatoms. The van der Waals surface area contributed by atoms with Gasteiger partial charge in [-0.3, -0.25) is 10.1 Å². The normalized spacial score (nSPS) is 28.5. The fraction of sp³-hybridized carbons (Fsp3) is 0.667. The second kappa shape index (κ2) is 4.27. The Balaban J connectivity index is 0.00000121. The smallest absolute Gasteiger partial charge is 0.321 e. The summed E-state index contributed by atoms with van der Waals surface area (Å²) in [6.45, 7) is 2.02. The molecule has 0 spiro atoms. The summed E-state index contributed by atoms with van der Waals surface area (Å²) in [5.41, 5.74) is 5.32. The summed E-state index contributed by atoms with van der Waals surface area (Å²) >= 11 is 0. The minimum atomic E-state index is -0.438. The highest BCUT2D eigenvalue weighted by atomic mass is 35.5. The number of halogens is 1. The zero-order valence-electron chi connectivity index (χ0n) is 6.66. The number of urea groups is 1. The molecule has 5 nitrogen and oxygen atoms in total. The van der Waals surface area contributed by atoms with Crippen molar-refractivity contribution in [1.82, 2.24) is 10.6 Å². The third-order valence-electron chi connectivity index (χ3n) is 1.79. The molecule has 70 valence electrons. The highest BCUT2D eigenvalue weighted by molar-refractivity contribution is 5.98. The van der Waals surface area contributed by atoms with Gasteiger partial charge in [-0.2, -0.15) is 0 Å². The van der Waals surface area contributed by atoms with Crippen molar-refractivity contribution in [3.8, 4) is 0 Å². The Kier molecular flexibility index (Phi) is 3.99. The van der Waals surface area contributed by atoms with Crippen molar-refractivity contribution in [2.75, 3.05) is 6.54 Å². The first-order chi connectivity index (χ1) is 5.15. The molecule has 1 fully saturated rings. The molecule has 0 saturated carbocycles. The largest absolute Gasteiger partial charge is 0.334 e. The van der Waals surface area contributed by atoms with Crippen molar-refractivity contribution in [2.45, 2.75) is 13.0 Å². The van der Waals surface area contributed by atoms with E-state index in [9.17, 15) is 9.59 Å². The van der Waals surface area contributed by atoms with E-state index in [1.165, 1.54) is 0 Å². The fourth-order valence-corrected chi connectivity index (χ4v) is 1.09. The molecule has 2 unspecified atom stereocenters. The summed E-state index contributed by atoms with van der Waals surface area (Å²) in [5.74, 6) is -0.587. The van der Waals surface area contributed by atoms with Gasteiger partial charge in [0.1, 0.15) is 0 Å². The maximum atomic E-state index is 11.0. The van der Waals surface area contributed by atoms with Crippen LogP contribution in [0.3, 0.4) is 0 Å². The molecule has 1 rings (SSSR count). The lowest BCUT2D eigenvalue weighted by atomic mass is 9.99. The van der Waals surface area contributed by atoms with E-state index in [4.69, 9.17) is 5.73 Å². The average molecular weight is 194 g/mol. The summed E-state index contributed by atoms with van der Waals surface area (Å²) in [6, 6.07) is -0.603. The lowest BCUT2D eigenvalue weighted by Crippen LogP contribution is -2.58. The van der Waals surface area contributed by atoms with Gasteiger partial charge in [-0.1, -0.05) is 0 Å². The quantitative estimate of drug-likeness (QED) is 0.511. The van der Waals surface area contributed by atoms with Gasteiger partial charge >= 0.3 is 6.03 Å². The van der Waals surface area contributed by atoms with Crippen LogP contribution in [0.5, 0.6) is 0 Å². The molecule has 1 aliphatic rings. The fourth-order valence-electron chi connectivity index (χ4n) is 1.09. The molecule has 3 amide bonds. The third kappa shape index (κ3) is 2.09. The predicted molar refractivity (Wildman–Crippen MR) is 45.9 cm³/mol. The van der Waals surface area contributed by atoms with Crippen LogP contribution in [-0.2, 0) is 4.79 Å². The van der Waals surface area contributed by atoms with E-state index in [0.717, 1.165) is 0 Å². The molecule has 1 aliphatic heterocycles. The number of nitrogens with one attached hydrogen (secondary N) is 2. The lowest BCUT2D eigenvalue weighted by Gasteiger charge is -2.27. The summed E-state index contributed by atoms with van der Waals surface area (Å²) in [6.07, 6.45) is 0.